The Morgan fingerprint density at radius 2 is 2.00 bits per heavy atom. The van der Waals surface area contributed by atoms with E-state index in [9.17, 15) is 9.59 Å². The molecular weight excluding hydrogens is 224 g/mol. The lowest BCUT2D eigenvalue weighted by Gasteiger charge is -2.18. The summed E-state index contributed by atoms with van der Waals surface area (Å²) in [5.41, 5.74) is -0.417. The first kappa shape index (κ1) is 14.9. The summed E-state index contributed by atoms with van der Waals surface area (Å²) in [5, 5.41) is 14.1. The maximum Gasteiger partial charge on any atom is 0.284 e. The number of nitrogens with zero attached hydrogens (tertiary/aromatic N) is 3. The molecule has 0 aromatic heterocycles. The van der Waals surface area contributed by atoms with Crippen molar-refractivity contribution in [3.05, 3.63) is 0 Å². The molecule has 0 spiro atoms. The van der Waals surface area contributed by atoms with Gasteiger partial charge in [-0.15, -0.1) is 0 Å². The molecule has 0 aromatic carbocycles. The fourth-order valence-electron chi connectivity index (χ4n) is 1.13. The standard InChI is InChI=1S/C10H16N4O3/c1-4-14(5-2)9(15)7-12-10(16)8(6-11)13-17-3/h4-5,7H2,1-3H3,(H,12,16). The van der Waals surface area contributed by atoms with Crippen LogP contribution in [0.4, 0.5) is 0 Å². The average Bonchev–Trinajstić information content (AvgIpc) is 2.34. The summed E-state index contributed by atoms with van der Waals surface area (Å²) >= 11 is 0. The Labute approximate surface area is 100 Å². The molecule has 0 atom stereocenters. The Morgan fingerprint density at radius 3 is 2.41 bits per heavy atom. The van der Waals surface area contributed by atoms with Crippen molar-refractivity contribution in [2.24, 2.45) is 5.16 Å². The Morgan fingerprint density at radius 1 is 1.41 bits per heavy atom. The van der Waals surface area contributed by atoms with Crippen LogP contribution in [0.2, 0.25) is 0 Å². The third-order valence-corrected chi connectivity index (χ3v) is 2.02. The second-order valence-electron chi connectivity index (χ2n) is 2.98. The SMILES string of the molecule is CCN(CC)C(=O)CNC(=O)C(C#N)=NOC. The van der Waals surface area contributed by atoms with Crippen molar-refractivity contribution in [3.63, 3.8) is 0 Å². The summed E-state index contributed by atoms with van der Waals surface area (Å²) in [5.74, 6) is -0.937. The topological polar surface area (TPSA) is 94.8 Å². The highest BCUT2D eigenvalue weighted by Crippen LogP contribution is 1.88. The van der Waals surface area contributed by atoms with Crippen molar-refractivity contribution < 1.29 is 14.4 Å². The molecule has 0 heterocycles. The van der Waals surface area contributed by atoms with Gasteiger partial charge in [-0.25, -0.2) is 0 Å². The second kappa shape index (κ2) is 8.10. The van der Waals surface area contributed by atoms with E-state index in [-0.39, 0.29) is 12.5 Å². The van der Waals surface area contributed by atoms with Gasteiger partial charge in [0.2, 0.25) is 11.6 Å². The third kappa shape index (κ3) is 4.97. The number of hydrogen-bond acceptors (Lipinski definition) is 5. The van der Waals surface area contributed by atoms with Crippen LogP contribution in [0.3, 0.4) is 0 Å². The predicted molar refractivity (Wildman–Crippen MR) is 61.0 cm³/mol. The molecule has 0 saturated carbocycles. The molecule has 0 aromatic rings. The number of carbonyl (C=O) groups is 2. The fourth-order valence-corrected chi connectivity index (χ4v) is 1.13. The highest BCUT2D eigenvalue weighted by molar-refractivity contribution is 6.45. The van der Waals surface area contributed by atoms with E-state index in [1.54, 1.807) is 11.0 Å². The van der Waals surface area contributed by atoms with Crippen LogP contribution in [0.5, 0.6) is 0 Å². The van der Waals surface area contributed by atoms with Crippen LogP contribution in [-0.2, 0) is 14.4 Å². The van der Waals surface area contributed by atoms with Crippen molar-refractivity contribution in [1.82, 2.24) is 10.2 Å². The van der Waals surface area contributed by atoms with Crippen molar-refractivity contribution >= 4 is 17.5 Å². The molecule has 0 unspecified atom stereocenters. The number of nitrogens with one attached hydrogen (secondary N) is 1. The minimum atomic E-state index is -0.727. The molecule has 0 aliphatic rings. The summed E-state index contributed by atoms with van der Waals surface area (Å²) in [6, 6.07) is 1.57. The average molecular weight is 240 g/mol. The smallest absolute Gasteiger partial charge is 0.284 e. The molecule has 94 valence electrons. The van der Waals surface area contributed by atoms with Crippen LogP contribution in [0, 0.1) is 11.3 Å². The van der Waals surface area contributed by atoms with Crippen molar-refractivity contribution in [2.75, 3.05) is 26.7 Å². The van der Waals surface area contributed by atoms with Gasteiger partial charge in [-0.1, -0.05) is 5.16 Å². The van der Waals surface area contributed by atoms with Crippen LogP contribution >= 0.6 is 0 Å². The lowest BCUT2D eigenvalue weighted by Crippen LogP contribution is -2.41. The van der Waals surface area contributed by atoms with Gasteiger partial charge < -0.3 is 15.1 Å². The van der Waals surface area contributed by atoms with Crippen LogP contribution in [0.15, 0.2) is 5.16 Å². The molecule has 0 fully saturated rings. The lowest BCUT2D eigenvalue weighted by atomic mass is 10.3. The van der Waals surface area contributed by atoms with Gasteiger partial charge in [0.25, 0.3) is 5.91 Å². The predicted octanol–water partition coefficient (Wildman–Crippen LogP) is -0.503. The van der Waals surface area contributed by atoms with Gasteiger partial charge in [0.05, 0.1) is 6.54 Å². The highest BCUT2D eigenvalue weighted by Gasteiger charge is 2.15. The Bertz CT molecular complexity index is 342. The van der Waals surface area contributed by atoms with Crippen LogP contribution in [-0.4, -0.2) is 49.2 Å². The summed E-state index contributed by atoms with van der Waals surface area (Å²) in [4.78, 5) is 28.8. The number of oxime groups is 1. The van der Waals surface area contributed by atoms with Crippen molar-refractivity contribution in [1.29, 1.82) is 5.26 Å². The van der Waals surface area contributed by atoms with Gasteiger partial charge in [-0.05, 0) is 13.8 Å². The molecule has 2 amide bonds. The number of carbonyl (C=O) groups excluding carboxylic acids is 2. The maximum absolute atomic E-state index is 11.5. The Hall–Kier alpha value is -2.10. The third-order valence-electron chi connectivity index (χ3n) is 2.02. The first-order valence-corrected chi connectivity index (χ1v) is 5.17. The minimum Gasteiger partial charge on any atom is -0.398 e. The monoisotopic (exact) mass is 240 g/mol. The van der Waals surface area contributed by atoms with Gasteiger partial charge in [0.1, 0.15) is 13.2 Å². The van der Waals surface area contributed by atoms with Gasteiger partial charge in [0, 0.05) is 13.1 Å². The summed E-state index contributed by atoms with van der Waals surface area (Å²) in [6.45, 7) is 4.67. The fraction of sp³-hybridized carbons (Fsp3) is 0.600. The van der Waals surface area contributed by atoms with E-state index >= 15 is 0 Å². The molecule has 0 rings (SSSR count). The molecule has 7 nitrogen and oxygen atoms in total. The van der Waals surface area contributed by atoms with E-state index < -0.39 is 11.6 Å². The molecule has 0 saturated heterocycles. The molecule has 0 aliphatic heterocycles. The summed E-state index contributed by atoms with van der Waals surface area (Å²) < 4.78 is 0. The lowest BCUT2D eigenvalue weighted by molar-refractivity contribution is -0.131. The molecule has 0 bridgehead atoms. The summed E-state index contributed by atoms with van der Waals surface area (Å²) in [6.07, 6.45) is 0. The van der Waals surface area contributed by atoms with Crippen molar-refractivity contribution in [3.8, 4) is 6.07 Å². The van der Waals surface area contributed by atoms with Gasteiger partial charge in [-0.2, -0.15) is 5.26 Å². The zero-order valence-electron chi connectivity index (χ0n) is 10.2. The highest BCUT2D eigenvalue weighted by atomic mass is 16.6. The normalized spacial score (nSPS) is 10.4. The minimum absolute atomic E-state index is 0.162. The Kier molecular flexibility index (Phi) is 7.10. The zero-order valence-corrected chi connectivity index (χ0v) is 10.2. The van der Waals surface area contributed by atoms with E-state index in [1.165, 1.54) is 7.11 Å². The molecule has 0 radical (unpaired) electrons. The first-order valence-electron chi connectivity index (χ1n) is 5.17. The van der Waals surface area contributed by atoms with Crippen LogP contribution in [0.25, 0.3) is 0 Å². The van der Waals surface area contributed by atoms with E-state index in [0.29, 0.717) is 13.1 Å². The van der Waals surface area contributed by atoms with E-state index in [0.717, 1.165) is 0 Å². The van der Waals surface area contributed by atoms with Crippen LogP contribution in [0.1, 0.15) is 13.8 Å². The largest absolute Gasteiger partial charge is 0.398 e. The van der Waals surface area contributed by atoms with Gasteiger partial charge in [-0.3, -0.25) is 9.59 Å². The summed E-state index contributed by atoms with van der Waals surface area (Å²) in [7, 11) is 1.23. The second-order valence-corrected chi connectivity index (χ2v) is 2.98. The number of amides is 2. The number of likely N-dealkylation sites (N-methyl/N-ethyl adjacent to an activating group) is 1. The number of nitriles is 1. The van der Waals surface area contributed by atoms with E-state index in [2.05, 4.69) is 15.3 Å². The quantitative estimate of drug-likeness (QED) is 0.500. The van der Waals surface area contributed by atoms with Gasteiger partial charge in [0.15, 0.2) is 0 Å². The number of hydrogen-bond donors (Lipinski definition) is 1. The maximum atomic E-state index is 11.5. The molecule has 1 N–H and O–H groups in total. The molecule has 17 heavy (non-hydrogen) atoms. The molecule has 7 heteroatoms. The van der Waals surface area contributed by atoms with Crippen molar-refractivity contribution in [2.45, 2.75) is 13.8 Å². The first-order chi connectivity index (χ1) is 8.10. The Balaban J connectivity index is 4.30. The van der Waals surface area contributed by atoms with Crippen LogP contribution < -0.4 is 5.32 Å². The zero-order chi connectivity index (χ0) is 13.3. The van der Waals surface area contributed by atoms with Gasteiger partial charge >= 0.3 is 0 Å². The molecule has 0 aliphatic carbocycles. The van der Waals surface area contributed by atoms with E-state index in [4.69, 9.17) is 5.26 Å². The molecular formula is C10H16N4O3. The van der Waals surface area contributed by atoms with E-state index in [1.807, 2.05) is 13.8 Å². The number of rotatable bonds is 6.